The predicted octanol–water partition coefficient (Wildman–Crippen LogP) is 4.16. The van der Waals surface area contributed by atoms with Crippen LogP contribution in [0.1, 0.15) is 18.9 Å². The van der Waals surface area contributed by atoms with E-state index in [1.54, 1.807) is 0 Å². The normalized spacial score (nSPS) is 12.1. The first-order chi connectivity index (χ1) is 8.86. The highest BCUT2D eigenvalue weighted by molar-refractivity contribution is 5.98. The summed E-state index contributed by atoms with van der Waals surface area (Å²) in [7, 11) is 0. The number of benzene rings is 2. The first-order valence-corrected chi connectivity index (χ1v) is 6.49. The molecule has 0 fully saturated rings. The van der Waals surface area contributed by atoms with E-state index < -0.39 is 0 Å². The first kappa shape index (κ1) is 9.89. The smallest absolute Gasteiger partial charge is 0.138 e. The number of imidazole rings is 1. The molecule has 0 aliphatic carbocycles. The first-order valence-electron chi connectivity index (χ1n) is 6.49. The summed E-state index contributed by atoms with van der Waals surface area (Å²) in [6, 6.07) is 13.0. The number of hydrogen-bond donors (Lipinski definition) is 1. The largest absolute Gasteiger partial charge is 0.337 e. The minimum Gasteiger partial charge on any atom is -0.337 e. The number of fused-ring (bicyclic) bond motifs is 5. The minimum absolute atomic E-state index is 0.985. The molecule has 0 spiro atoms. The highest BCUT2D eigenvalue weighted by atomic mass is 14.9. The maximum atomic E-state index is 4.66. The SMILES string of the molecule is CCCc1ccc2nc3[nH]c2c1-c1cccc-3c1. The molecule has 4 bridgehead atoms. The Morgan fingerprint density at radius 3 is 2.89 bits per heavy atom. The third kappa shape index (κ3) is 1.20. The summed E-state index contributed by atoms with van der Waals surface area (Å²) in [6.07, 6.45) is 2.28. The van der Waals surface area contributed by atoms with Crippen molar-refractivity contribution in [2.24, 2.45) is 0 Å². The van der Waals surface area contributed by atoms with Crippen LogP contribution in [0.25, 0.3) is 33.5 Å². The van der Waals surface area contributed by atoms with Gasteiger partial charge in [0.05, 0.1) is 11.0 Å². The van der Waals surface area contributed by atoms with Crippen molar-refractivity contribution in [1.29, 1.82) is 0 Å². The van der Waals surface area contributed by atoms with E-state index in [0.717, 1.165) is 17.8 Å². The van der Waals surface area contributed by atoms with Crippen molar-refractivity contribution in [2.45, 2.75) is 19.8 Å². The molecule has 2 heteroatoms. The van der Waals surface area contributed by atoms with Gasteiger partial charge >= 0.3 is 0 Å². The topological polar surface area (TPSA) is 28.7 Å². The number of rotatable bonds is 2. The highest BCUT2D eigenvalue weighted by Gasteiger charge is 2.18. The lowest BCUT2D eigenvalue weighted by atomic mass is 9.94. The average Bonchev–Trinajstić information content (AvgIpc) is 2.78. The van der Waals surface area contributed by atoms with E-state index in [-0.39, 0.29) is 0 Å². The fraction of sp³-hybridized carbons (Fsp3) is 0.188. The van der Waals surface area contributed by atoms with E-state index in [1.807, 2.05) is 0 Å². The maximum Gasteiger partial charge on any atom is 0.138 e. The Kier molecular flexibility index (Phi) is 1.90. The molecule has 1 aliphatic rings. The molecule has 0 unspecified atom stereocenters. The van der Waals surface area contributed by atoms with Gasteiger partial charge in [-0.2, -0.15) is 0 Å². The molecule has 2 aromatic carbocycles. The molecule has 0 atom stereocenters. The fourth-order valence-electron chi connectivity index (χ4n) is 2.89. The quantitative estimate of drug-likeness (QED) is 0.554. The van der Waals surface area contributed by atoms with Crippen LogP contribution in [0.2, 0.25) is 0 Å². The van der Waals surface area contributed by atoms with Gasteiger partial charge in [-0.05, 0) is 29.7 Å². The second-order valence-corrected chi connectivity index (χ2v) is 4.91. The van der Waals surface area contributed by atoms with Gasteiger partial charge in [0, 0.05) is 11.1 Å². The minimum atomic E-state index is 0.985. The zero-order valence-corrected chi connectivity index (χ0v) is 10.3. The third-order valence-corrected chi connectivity index (χ3v) is 3.69. The molecule has 88 valence electrons. The number of nitrogens with zero attached hydrogens (tertiary/aromatic N) is 1. The summed E-state index contributed by atoms with van der Waals surface area (Å²) >= 11 is 0. The van der Waals surface area contributed by atoms with Gasteiger partial charge in [-0.25, -0.2) is 4.98 Å². The average molecular weight is 234 g/mol. The Bertz CT molecular complexity index is 753. The zero-order valence-electron chi connectivity index (χ0n) is 10.3. The van der Waals surface area contributed by atoms with Crippen LogP contribution in [0.4, 0.5) is 0 Å². The van der Waals surface area contributed by atoms with Crippen molar-refractivity contribution in [3.63, 3.8) is 0 Å². The molecular formula is C16H14N2. The van der Waals surface area contributed by atoms with Crippen LogP contribution >= 0.6 is 0 Å². The lowest BCUT2D eigenvalue weighted by Gasteiger charge is -2.10. The van der Waals surface area contributed by atoms with Crippen molar-refractivity contribution in [1.82, 2.24) is 9.97 Å². The number of aromatic nitrogens is 2. The van der Waals surface area contributed by atoms with E-state index in [4.69, 9.17) is 0 Å². The molecule has 18 heavy (non-hydrogen) atoms. The maximum absolute atomic E-state index is 4.66. The molecule has 2 nitrogen and oxygen atoms in total. The Morgan fingerprint density at radius 1 is 1.11 bits per heavy atom. The van der Waals surface area contributed by atoms with Crippen LogP contribution in [0.3, 0.4) is 0 Å². The molecule has 0 radical (unpaired) electrons. The van der Waals surface area contributed by atoms with E-state index in [1.165, 1.54) is 34.2 Å². The van der Waals surface area contributed by atoms with Crippen molar-refractivity contribution < 1.29 is 0 Å². The highest BCUT2D eigenvalue weighted by Crippen LogP contribution is 2.37. The lowest BCUT2D eigenvalue weighted by molar-refractivity contribution is 0.925. The van der Waals surface area contributed by atoms with Gasteiger partial charge in [-0.1, -0.05) is 37.6 Å². The number of aromatic amines is 1. The number of H-pyrrole nitrogens is 1. The molecule has 4 rings (SSSR count). The molecule has 0 saturated heterocycles. The van der Waals surface area contributed by atoms with Crippen molar-refractivity contribution in [2.75, 3.05) is 0 Å². The van der Waals surface area contributed by atoms with Crippen LogP contribution in [-0.2, 0) is 6.42 Å². The molecule has 3 aromatic rings. The van der Waals surface area contributed by atoms with Crippen LogP contribution in [-0.4, -0.2) is 9.97 Å². The van der Waals surface area contributed by atoms with Crippen LogP contribution in [0.15, 0.2) is 36.4 Å². The Morgan fingerprint density at radius 2 is 2.00 bits per heavy atom. The molecule has 2 heterocycles. The molecule has 1 aromatic heterocycles. The summed E-state index contributed by atoms with van der Waals surface area (Å²) in [5, 5.41) is 0. The molecule has 1 aliphatic heterocycles. The van der Waals surface area contributed by atoms with E-state index in [0.29, 0.717) is 0 Å². The monoisotopic (exact) mass is 234 g/mol. The summed E-state index contributed by atoms with van der Waals surface area (Å²) in [4.78, 5) is 8.14. The number of hydrogen-bond acceptors (Lipinski definition) is 1. The van der Waals surface area contributed by atoms with Gasteiger partial charge in [0.1, 0.15) is 5.82 Å². The summed E-state index contributed by atoms with van der Waals surface area (Å²) in [6.45, 7) is 2.22. The molecule has 1 N–H and O–H groups in total. The fourth-order valence-corrected chi connectivity index (χ4v) is 2.89. The summed E-state index contributed by atoms with van der Waals surface area (Å²) in [5.74, 6) is 0.985. The third-order valence-electron chi connectivity index (χ3n) is 3.69. The van der Waals surface area contributed by atoms with Gasteiger partial charge in [0.25, 0.3) is 0 Å². The molecule has 0 amide bonds. The lowest BCUT2D eigenvalue weighted by Crippen LogP contribution is -1.91. The van der Waals surface area contributed by atoms with Crippen LogP contribution in [0, 0.1) is 0 Å². The second-order valence-electron chi connectivity index (χ2n) is 4.91. The van der Waals surface area contributed by atoms with Gasteiger partial charge in [-0.3, -0.25) is 0 Å². The van der Waals surface area contributed by atoms with Gasteiger partial charge in [-0.15, -0.1) is 0 Å². The van der Waals surface area contributed by atoms with Gasteiger partial charge in [0.15, 0.2) is 0 Å². The molecule has 0 saturated carbocycles. The second kappa shape index (κ2) is 3.45. The van der Waals surface area contributed by atoms with Crippen molar-refractivity contribution in [3.05, 3.63) is 42.0 Å². The Hall–Kier alpha value is -2.09. The van der Waals surface area contributed by atoms with Gasteiger partial charge < -0.3 is 4.98 Å². The number of aryl methyl sites for hydroxylation is 1. The summed E-state index contributed by atoms with van der Waals surface area (Å²) < 4.78 is 0. The van der Waals surface area contributed by atoms with Crippen LogP contribution in [0.5, 0.6) is 0 Å². The van der Waals surface area contributed by atoms with E-state index in [2.05, 4.69) is 53.3 Å². The standard InChI is InChI=1S/C16H14N2/c1-2-4-10-7-8-13-15-14(10)11-5-3-6-12(9-11)16(17-13)18-15/h3,5-9H,2,4H2,1H3,(H,17,18). The Labute approximate surface area is 106 Å². The van der Waals surface area contributed by atoms with Gasteiger partial charge in [0.2, 0.25) is 0 Å². The van der Waals surface area contributed by atoms with E-state index >= 15 is 0 Å². The van der Waals surface area contributed by atoms with Crippen LogP contribution < -0.4 is 0 Å². The van der Waals surface area contributed by atoms with E-state index in [9.17, 15) is 0 Å². The zero-order chi connectivity index (χ0) is 12.1. The van der Waals surface area contributed by atoms with Crippen molar-refractivity contribution >= 4 is 11.0 Å². The molecular weight excluding hydrogens is 220 g/mol. The summed E-state index contributed by atoms with van der Waals surface area (Å²) in [5.41, 5.74) is 7.52. The number of nitrogens with one attached hydrogen (secondary N) is 1. The predicted molar refractivity (Wildman–Crippen MR) is 74.5 cm³/mol. The Balaban J connectivity index is 2.16. The van der Waals surface area contributed by atoms with Crippen molar-refractivity contribution in [3.8, 4) is 22.5 Å².